The number of rotatable bonds is 3. The number of likely N-dealkylation sites (tertiary alicyclic amines) is 1. The van der Waals surface area contributed by atoms with Crippen molar-refractivity contribution in [1.29, 1.82) is 5.26 Å². The summed E-state index contributed by atoms with van der Waals surface area (Å²) in [5, 5.41) is 9.62. The Morgan fingerprint density at radius 3 is 2.55 bits per heavy atom. The maximum absolute atomic E-state index is 12.4. The lowest BCUT2D eigenvalue weighted by Crippen LogP contribution is -2.48. The molecule has 3 rings (SSSR count). The van der Waals surface area contributed by atoms with Crippen LogP contribution in [0.2, 0.25) is 0 Å². The molecule has 156 valence electrons. The number of carbonyl (C=O) groups is 1. The fraction of sp³-hybridized carbons (Fsp3) is 0.545. The van der Waals surface area contributed by atoms with Crippen molar-refractivity contribution >= 4 is 33.4 Å². The smallest absolute Gasteiger partial charge is 0.410 e. The van der Waals surface area contributed by atoms with Gasteiger partial charge in [0.2, 0.25) is 0 Å². The summed E-state index contributed by atoms with van der Waals surface area (Å²) in [5.41, 5.74) is 2.20. The molecule has 7 heteroatoms. The van der Waals surface area contributed by atoms with Crippen LogP contribution in [0.25, 0.3) is 5.52 Å². The van der Waals surface area contributed by atoms with E-state index in [0.29, 0.717) is 24.7 Å². The fourth-order valence-corrected chi connectivity index (χ4v) is 4.47. The molecule has 1 saturated heterocycles. The lowest BCUT2D eigenvalue weighted by Gasteiger charge is -2.40. The predicted molar refractivity (Wildman–Crippen MR) is 118 cm³/mol. The van der Waals surface area contributed by atoms with E-state index in [1.54, 1.807) is 4.90 Å². The summed E-state index contributed by atoms with van der Waals surface area (Å²) in [4.78, 5) is 16.6. The Kier molecular flexibility index (Phi) is 6.13. The summed E-state index contributed by atoms with van der Waals surface area (Å²) in [7, 11) is 0. The van der Waals surface area contributed by atoms with Gasteiger partial charge in [0, 0.05) is 47.4 Å². The summed E-state index contributed by atoms with van der Waals surface area (Å²) < 4.78 is 8.67. The highest BCUT2D eigenvalue weighted by atomic mass is 79.9. The summed E-state index contributed by atoms with van der Waals surface area (Å²) >= 11 is 3.56. The molecule has 0 spiro atoms. The zero-order chi connectivity index (χ0) is 21.3. The van der Waals surface area contributed by atoms with E-state index in [1.807, 2.05) is 39.8 Å². The number of ether oxygens (including phenoxy) is 1. The number of nitrogens with zero attached hydrogens (tertiary/aromatic N) is 4. The molecular formula is C22H29BrN4O2. The second-order valence-corrected chi connectivity index (χ2v) is 9.47. The van der Waals surface area contributed by atoms with Gasteiger partial charge in [0.1, 0.15) is 11.4 Å². The van der Waals surface area contributed by atoms with Gasteiger partial charge < -0.3 is 18.9 Å². The van der Waals surface area contributed by atoms with E-state index in [4.69, 9.17) is 4.74 Å². The first-order valence-electron chi connectivity index (χ1n) is 10.1. The van der Waals surface area contributed by atoms with E-state index in [-0.39, 0.29) is 6.09 Å². The number of aromatic nitrogens is 1. The van der Waals surface area contributed by atoms with Gasteiger partial charge in [-0.15, -0.1) is 0 Å². The molecule has 0 aliphatic carbocycles. The average Bonchev–Trinajstić information content (AvgIpc) is 3.02. The number of carbonyl (C=O) groups excluding carboxylic acids is 1. The van der Waals surface area contributed by atoms with E-state index in [9.17, 15) is 10.1 Å². The highest BCUT2D eigenvalue weighted by molar-refractivity contribution is 9.10. The van der Waals surface area contributed by atoms with Crippen molar-refractivity contribution in [2.45, 2.75) is 59.1 Å². The van der Waals surface area contributed by atoms with Crippen LogP contribution >= 0.6 is 15.9 Å². The molecule has 0 aromatic carbocycles. The average molecular weight is 461 g/mol. The van der Waals surface area contributed by atoms with Gasteiger partial charge in [-0.3, -0.25) is 0 Å². The monoisotopic (exact) mass is 460 g/mol. The normalized spacial score (nSPS) is 15.4. The molecule has 1 amide bonds. The second kappa shape index (κ2) is 8.27. The molecule has 6 nitrogen and oxygen atoms in total. The number of halogens is 1. The van der Waals surface area contributed by atoms with Gasteiger partial charge in [-0.1, -0.05) is 0 Å². The molecular weight excluding hydrogens is 432 g/mol. The van der Waals surface area contributed by atoms with E-state index in [1.165, 1.54) is 0 Å². The standard InChI is InChI=1S/C22H29BrN4O2/c1-6-26(18-7-9-25(10-8-18)21(28)29-22(3,4)5)20-15(2)16(13-24)11-19-12-17(23)14-27(19)20/h11-12,14,18H,6-10H2,1-5H3. The van der Waals surface area contributed by atoms with E-state index >= 15 is 0 Å². The molecule has 1 fully saturated rings. The van der Waals surface area contributed by atoms with Gasteiger partial charge >= 0.3 is 6.09 Å². The molecule has 2 aromatic rings. The van der Waals surface area contributed by atoms with Crippen molar-refractivity contribution in [2.75, 3.05) is 24.5 Å². The Morgan fingerprint density at radius 2 is 2.00 bits per heavy atom. The lowest BCUT2D eigenvalue weighted by atomic mass is 10.0. The van der Waals surface area contributed by atoms with Gasteiger partial charge in [0.05, 0.1) is 11.6 Å². The third kappa shape index (κ3) is 4.53. The first-order valence-corrected chi connectivity index (χ1v) is 10.9. The SMILES string of the molecule is CCN(c1c(C)c(C#N)cc2cc(Br)cn12)C1CCN(C(=O)OC(C)(C)C)CC1. The molecule has 2 aromatic heterocycles. The predicted octanol–water partition coefficient (Wildman–Crippen LogP) is 5.11. The van der Waals surface area contributed by atoms with Crippen LogP contribution in [0.3, 0.4) is 0 Å². The number of anilines is 1. The fourth-order valence-electron chi connectivity index (χ4n) is 4.04. The molecule has 0 N–H and O–H groups in total. The van der Waals surface area contributed by atoms with Gasteiger partial charge in [0.25, 0.3) is 0 Å². The molecule has 0 unspecified atom stereocenters. The number of piperidine rings is 1. The van der Waals surface area contributed by atoms with Gasteiger partial charge in [0.15, 0.2) is 0 Å². The van der Waals surface area contributed by atoms with Crippen molar-refractivity contribution in [3.8, 4) is 6.07 Å². The van der Waals surface area contributed by atoms with Crippen molar-refractivity contribution in [1.82, 2.24) is 9.30 Å². The maximum atomic E-state index is 12.4. The number of hydrogen-bond acceptors (Lipinski definition) is 4. The highest BCUT2D eigenvalue weighted by Gasteiger charge is 2.30. The van der Waals surface area contributed by atoms with Crippen molar-refractivity contribution < 1.29 is 9.53 Å². The molecule has 1 aliphatic rings. The van der Waals surface area contributed by atoms with Crippen LogP contribution in [0.1, 0.15) is 51.7 Å². The Bertz CT molecular complexity index is 946. The van der Waals surface area contributed by atoms with Crippen LogP contribution in [-0.2, 0) is 4.74 Å². The molecule has 0 bridgehead atoms. The second-order valence-electron chi connectivity index (χ2n) is 8.56. The molecule has 0 saturated carbocycles. The lowest BCUT2D eigenvalue weighted by molar-refractivity contribution is 0.0204. The van der Waals surface area contributed by atoms with Crippen LogP contribution in [0.4, 0.5) is 10.6 Å². The van der Waals surface area contributed by atoms with E-state index in [2.05, 4.69) is 44.4 Å². The Labute approximate surface area is 181 Å². The largest absolute Gasteiger partial charge is 0.444 e. The van der Waals surface area contributed by atoms with E-state index in [0.717, 1.165) is 40.8 Å². The van der Waals surface area contributed by atoms with Crippen LogP contribution in [0.15, 0.2) is 22.8 Å². The van der Waals surface area contributed by atoms with Gasteiger partial charge in [-0.05, 0) is 75.5 Å². The third-order valence-electron chi connectivity index (χ3n) is 5.37. The molecule has 1 aliphatic heterocycles. The topological polar surface area (TPSA) is 61.0 Å². The van der Waals surface area contributed by atoms with Gasteiger partial charge in [-0.2, -0.15) is 5.26 Å². The number of fused-ring (bicyclic) bond motifs is 1. The van der Waals surface area contributed by atoms with Gasteiger partial charge in [-0.25, -0.2) is 4.79 Å². The molecule has 0 radical (unpaired) electrons. The van der Waals surface area contributed by atoms with Crippen LogP contribution in [0, 0.1) is 18.3 Å². The minimum atomic E-state index is -0.481. The third-order valence-corrected chi connectivity index (χ3v) is 5.80. The van der Waals surface area contributed by atoms with Crippen molar-refractivity contribution in [3.63, 3.8) is 0 Å². The highest BCUT2D eigenvalue weighted by Crippen LogP contribution is 2.32. The van der Waals surface area contributed by atoms with Crippen molar-refractivity contribution in [2.24, 2.45) is 0 Å². The van der Waals surface area contributed by atoms with Crippen LogP contribution < -0.4 is 4.90 Å². The zero-order valence-electron chi connectivity index (χ0n) is 17.8. The quantitative estimate of drug-likeness (QED) is 0.638. The Balaban J connectivity index is 1.86. The number of pyridine rings is 1. The Morgan fingerprint density at radius 1 is 1.34 bits per heavy atom. The number of hydrogen-bond donors (Lipinski definition) is 0. The first kappa shape index (κ1) is 21.5. The van der Waals surface area contributed by atoms with Crippen LogP contribution in [-0.4, -0.2) is 46.7 Å². The minimum absolute atomic E-state index is 0.238. The molecule has 3 heterocycles. The summed E-state index contributed by atoms with van der Waals surface area (Å²) in [5.74, 6) is 1.06. The zero-order valence-corrected chi connectivity index (χ0v) is 19.4. The van der Waals surface area contributed by atoms with Crippen molar-refractivity contribution in [3.05, 3.63) is 33.9 Å². The first-order chi connectivity index (χ1) is 13.6. The molecule has 29 heavy (non-hydrogen) atoms. The van der Waals surface area contributed by atoms with E-state index < -0.39 is 5.60 Å². The Hall–Kier alpha value is -2.20. The maximum Gasteiger partial charge on any atom is 0.410 e. The summed E-state index contributed by atoms with van der Waals surface area (Å²) in [6.45, 7) is 12.0. The minimum Gasteiger partial charge on any atom is -0.444 e. The number of amides is 1. The summed E-state index contributed by atoms with van der Waals surface area (Å²) in [6, 6.07) is 6.60. The number of nitriles is 1. The summed E-state index contributed by atoms with van der Waals surface area (Å²) in [6.07, 6.45) is 3.55. The molecule has 0 atom stereocenters. The van der Waals surface area contributed by atoms with Crippen LogP contribution in [0.5, 0.6) is 0 Å².